The number of rotatable bonds is 8. The van der Waals surface area contributed by atoms with Crippen molar-refractivity contribution in [2.75, 3.05) is 45.9 Å². The highest BCUT2D eigenvalue weighted by atomic mass is 16.5. The second-order valence-electron chi connectivity index (χ2n) is 8.08. The molecule has 0 aliphatic carbocycles. The van der Waals surface area contributed by atoms with Crippen LogP contribution >= 0.6 is 0 Å². The second kappa shape index (κ2) is 9.02. The number of benzene rings is 1. The van der Waals surface area contributed by atoms with Crippen LogP contribution < -0.4 is 4.74 Å². The van der Waals surface area contributed by atoms with Gasteiger partial charge >= 0.3 is 0 Å². The summed E-state index contributed by atoms with van der Waals surface area (Å²) in [7, 11) is 0. The van der Waals surface area contributed by atoms with Crippen molar-refractivity contribution >= 4 is 0 Å². The average Bonchev–Trinajstić information content (AvgIpc) is 3.26. The number of nitrogens with zero attached hydrogens (tertiary/aromatic N) is 2. The van der Waals surface area contributed by atoms with Crippen LogP contribution in [0.2, 0.25) is 0 Å². The molecule has 2 fully saturated rings. The van der Waals surface area contributed by atoms with Crippen molar-refractivity contribution in [3.05, 3.63) is 29.8 Å². The molecule has 2 heterocycles. The lowest BCUT2D eigenvalue weighted by Gasteiger charge is -2.23. The quantitative estimate of drug-likeness (QED) is 0.785. The number of hydrogen-bond donors (Lipinski definition) is 1. The molecule has 2 saturated heterocycles. The molecule has 1 aromatic rings. The Hall–Kier alpha value is -1.10. The smallest absolute Gasteiger partial charge is 0.122 e. The summed E-state index contributed by atoms with van der Waals surface area (Å²) in [5, 5.41) is 10.4. The Morgan fingerprint density at radius 1 is 1.12 bits per heavy atom. The normalized spacial score (nSPS) is 23.4. The number of β-amino-alcohol motifs (C(OH)–C–C–N with tert-alkyl or cyclic N) is 1. The van der Waals surface area contributed by atoms with E-state index in [1.807, 2.05) is 18.2 Å². The van der Waals surface area contributed by atoms with E-state index in [1.165, 1.54) is 44.5 Å². The molecule has 0 aromatic heterocycles. The monoisotopic (exact) mass is 346 g/mol. The Morgan fingerprint density at radius 2 is 1.88 bits per heavy atom. The fourth-order valence-corrected chi connectivity index (χ4v) is 4.18. The zero-order valence-corrected chi connectivity index (χ0v) is 15.9. The molecular weight excluding hydrogens is 312 g/mol. The molecule has 1 N–H and O–H groups in total. The van der Waals surface area contributed by atoms with Crippen LogP contribution in [-0.4, -0.2) is 66.9 Å². The summed E-state index contributed by atoms with van der Waals surface area (Å²) in [6.45, 7) is 11.5. The van der Waals surface area contributed by atoms with Crippen molar-refractivity contribution in [1.82, 2.24) is 9.80 Å². The van der Waals surface area contributed by atoms with Gasteiger partial charge in [0.15, 0.2) is 0 Å². The zero-order chi connectivity index (χ0) is 17.6. The summed E-state index contributed by atoms with van der Waals surface area (Å²) in [6, 6.07) is 8.15. The van der Waals surface area contributed by atoms with Crippen LogP contribution in [0.1, 0.15) is 44.6 Å². The van der Waals surface area contributed by atoms with Gasteiger partial charge in [-0.25, -0.2) is 0 Å². The maximum atomic E-state index is 10.4. The van der Waals surface area contributed by atoms with Gasteiger partial charge in [0.1, 0.15) is 18.5 Å². The van der Waals surface area contributed by atoms with Crippen LogP contribution in [0.3, 0.4) is 0 Å². The molecule has 0 radical (unpaired) electrons. The molecule has 140 valence electrons. The van der Waals surface area contributed by atoms with Crippen LogP contribution in [0, 0.1) is 5.92 Å². The molecule has 0 spiro atoms. The minimum Gasteiger partial charge on any atom is -0.491 e. The summed E-state index contributed by atoms with van der Waals surface area (Å²) >= 11 is 0. The van der Waals surface area contributed by atoms with E-state index in [0.29, 0.717) is 12.5 Å². The first-order chi connectivity index (χ1) is 12.1. The highest BCUT2D eigenvalue weighted by Gasteiger charge is 2.26. The minimum absolute atomic E-state index is 0.372. The van der Waals surface area contributed by atoms with E-state index >= 15 is 0 Å². The SMILES string of the molecule is CC(C)c1ccccc1OCC(O)CN1CCC(CN2CCCC2)C1. The molecule has 2 atom stereocenters. The molecule has 2 aliphatic rings. The summed E-state index contributed by atoms with van der Waals surface area (Å²) < 4.78 is 5.92. The Bertz CT molecular complexity index is 528. The molecule has 2 aliphatic heterocycles. The number of aliphatic hydroxyl groups excluding tert-OH is 1. The summed E-state index contributed by atoms with van der Waals surface area (Å²) in [6.07, 6.45) is 3.57. The maximum Gasteiger partial charge on any atom is 0.122 e. The standard InChI is InChI=1S/C21H34N2O2/c1-17(2)20-7-3-4-8-21(20)25-16-19(24)15-23-12-9-18(14-23)13-22-10-5-6-11-22/h3-4,7-8,17-19,24H,5-6,9-16H2,1-2H3. The van der Waals surface area contributed by atoms with Gasteiger partial charge in [-0.2, -0.15) is 0 Å². The fourth-order valence-electron chi connectivity index (χ4n) is 4.18. The first-order valence-electron chi connectivity index (χ1n) is 9.96. The van der Waals surface area contributed by atoms with Gasteiger partial charge in [-0.15, -0.1) is 0 Å². The predicted octanol–water partition coefficient (Wildman–Crippen LogP) is 2.97. The van der Waals surface area contributed by atoms with Crippen molar-refractivity contribution in [3.8, 4) is 5.75 Å². The van der Waals surface area contributed by atoms with Crippen LogP contribution in [0.25, 0.3) is 0 Å². The lowest BCUT2D eigenvalue weighted by Crippen LogP contribution is -2.35. The van der Waals surface area contributed by atoms with E-state index < -0.39 is 6.10 Å². The van der Waals surface area contributed by atoms with Gasteiger partial charge in [-0.1, -0.05) is 32.0 Å². The molecule has 1 aromatic carbocycles. The summed E-state index contributed by atoms with van der Waals surface area (Å²) in [5.74, 6) is 2.11. The van der Waals surface area contributed by atoms with Crippen LogP contribution in [0.15, 0.2) is 24.3 Å². The molecule has 0 bridgehead atoms. The van der Waals surface area contributed by atoms with Crippen LogP contribution in [0.5, 0.6) is 5.75 Å². The molecule has 0 amide bonds. The zero-order valence-electron chi connectivity index (χ0n) is 15.9. The molecule has 2 unspecified atom stereocenters. The molecular formula is C21H34N2O2. The van der Waals surface area contributed by atoms with Gasteiger partial charge in [-0.05, 0) is 62.4 Å². The number of likely N-dealkylation sites (tertiary alicyclic amines) is 2. The fraction of sp³-hybridized carbons (Fsp3) is 0.714. The molecule has 4 nitrogen and oxygen atoms in total. The molecule has 4 heteroatoms. The lowest BCUT2D eigenvalue weighted by molar-refractivity contribution is 0.0737. The number of aliphatic hydroxyl groups is 1. The highest BCUT2D eigenvalue weighted by molar-refractivity contribution is 5.35. The van der Waals surface area contributed by atoms with Crippen molar-refractivity contribution in [2.45, 2.75) is 45.1 Å². The van der Waals surface area contributed by atoms with Crippen molar-refractivity contribution in [3.63, 3.8) is 0 Å². The van der Waals surface area contributed by atoms with Gasteiger partial charge in [0.05, 0.1) is 0 Å². The van der Waals surface area contributed by atoms with E-state index in [1.54, 1.807) is 0 Å². The second-order valence-corrected chi connectivity index (χ2v) is 8.08. The van der Waals surface area contributed by atoms with Gasteiger partial charge in [-0.3, -0.25) is 0 Å². The van der Waals surface area contributed by atoms with E-state index in [9.17, 15) is 5.11 Å². The first-order valence-corrected chi connectivity index (χ1v) is 9.96. The number of hydrogen-bond acceptors (Lipinski definition) is 4. The summed E-state index contributed by atoms with van der Waals surface area (Å²) in [5.41, 5.74) is 1.21. The van der Waals surface area contributed by atoms with Crippen molar-refractivity contribution < 1.29 is 9.84 Å². The Labute approximate surface area is 152 Å². The van der Waals surface area contributed by atoms with E-state index in [2.05, 4.69) is 29.7 Å². The predicted molar refractivity (Wildman–Crippen MR) is 102 cm³/mol. The van der Waals surface area contributed by atoms with Gasteiger partial charge in [0, 0.05) is 19.6 Å². The van der Waals surface area contributed by atoms with Gasteiger partial charge < -0.3 is 19.6 Å². The Morgan fingerprint density at radius 3 is 2.64 bits per heavy atom. The van der Waals surface area contributed by atoms with Gasteiger partial charge in [0.25, 0.3) is 0 Å². The molecule has 25 heavy (non-hydrogen) atoms. The third-order valence-electron chi connectivity index (χ3n) is 5.53. The van der Waals surface area contributed by atoms with E-state index in [4.69, 9.17) is 4.74 Å². The first kappa shape index (κ1) is 18.7. The Balaban J connectivity index is 1.40. The van der Waals surface area contributed by atoms with Crippen molar-refractivity contribution in [2.24, 2.45) is 5.92 Å². The topological polar surface area (TPSA) is 35.9 Å². The van der Waals surface area contributed by atoms with E-state index in [0.717, 1.165) is 31.3 Å². The minimum atomic E-state index is -0.425. The van der Waals surface area contributed by atoms with Crippen LogP contribution in [-0.2, 0) is 0 Å². The third kappa shape index (κ3) is 5.44. The number of ether oxygens (including phenoxy) is 1. The van der Waals surface area contributed by atoms with Crippen LogP contribution in [0.4, 0.5) is 0 Å². The van der Waals surface area contributed by atoms with E-state index in [-0.39, 0.29) is 0 Å². The molecule has 0 saturated carbocycles. The number of para-hydroxylation sites is 1. The third-order valence-corrected chi connectivity index (χ3v) is 5.53. The average molecular weight is 347 g/mol. The van der Waals surface area contributed by atoms with Crippen molar-refractivity contribution in [1.29, 1.82) is 0 Å². The maximum absolute atomic E-state index is 10.4. The van der Waals surface area contributed by atoms with Gasteiger partial charge in [0.2, 0.25) is 0 Å². The lowest BCUT2D eigenvalue weighted by atomic mass is 10.0. The Kier molecular flexibility index (Phi) is 6.74. The summed E-state index contributed by atoms with van der Waals surface area (Å²) in [4.78, 5) is 5.01. The molecule has 3 rings (SSSR count). The largest absolute Gasteiger partial charge is 0.491 e. The highest BCUT2D eigenvalue weighted by Crippen LogP contribution is 2.26.